The molecule has 1 aromatic heterocycles. The Hall–Kier alpha value is -2.02. The third-order valence-electron chi connectivity index (χ3n) is 5.41. The minimum Gasteiger partial charge on any atom is -0.497 e. The number of amides is 1. The summed E-state index contributed by atoms with van der Waals surface area (Å²) in [6.45, 7) is 6.80. The summed E-state index contributed by atoms with van der Waals surface area (Å²) < 4.78 is 7.55. The van der Waals surface area contributed by atoms with E-state index in [9.17, 15) is 4.79 Å². The smallest absolute Gasteiger partial charge is 0.233 e. The van der Waals surface area contributed by atoms with Gasteiger partial charge in [-0.1, -0.05) is 31.5 Å². The van der Waals surface area contributed by atoms with Gasteiger partial charge in [-0.25, -0.2) is 0 Å². The predicted octanol–water partition coefficient (Wildman–Crippen LogP) is 4.32. The van der Waals surface area contributed by atoms with Gasteiger partial charge in [-0.05, 0) is 56.9 Å². The summed E-state index contributed by atoms with van der Waals surface area (Å²) in [4.78, 5) is 12.2. The number of thioether (sulfide) groups is 1. The molecular weight excluding hydrogens is 372 g/mol. The number of hydrogen-bond acceptors (Lipinski definition) is 5. The maximum Gasteiger partial charge on any atom is 0.233 e. The van der Waals surface area contributed by atoms with Crippen LogP contribution in [0.2, 0.25) is 0 Å². The molecule has 0 unspecified atom stereocenters. The van der Waals surface area contributed by atoms with Crippen molar-refractivity contribution in [1.29, 1.82) is 0 Å². The van der Waals surface area contributed by atoms with Crippen LogP contribution in [0.15, 0.2) is 29.4 Å². The van der Waals surface area contributed by atoms with Crippen LogP contribution >= 0.6 is 11.8 Å². The summed E-state index contributed by atoms with van der Waals surface area (Å²) in [6.07, 6.45) is 4.81. The topological polar surface area (TPSA) is 69.0 Å². The van der Waals surface area contributed by atoms with E-state index in [2.05, 4.69) is 27.0 Å². The molecule has 1 saturated carbocycles. The maximum absolute atomic E-state index is 12.2. The number of carbonyl (C=O) groups is 1. The van der Waals surface area contributed by atoms with Crippen molar-refractivity contribution in [2.24, 2.45) is 5.92 Å². The van der Waals surface area contributed by atoms with Gasteiger partial charge in [-0.15, -0.1) is 10.2 Å². The van der Waals surface area contributed by atoms with E-state index in [1.807, 2.05) is 38.1 Å². The SMILES string of the molecule is CCNC(=O)[C@H](C)Sc1nnc(-c2ccc(OC)cc2)n1[C@H]1CCCC[C@@H]1C. The molecule has 0 saturated heterocycles. The number of methoxy groups -OCH3 is 1. The third kappa shape index (κ3) is 4.51. The molecule has 28 heavy (non-hydrogen) atoms. The van der Waals surface area contributed by atoms with E-state index in [-0.39, 0.29) is 11.2 Å². The molecule has 152 valence electrons. The number of nitrogens with zero attached hydrogens (tertiary/aromatic N) is 3. The molecule has 0 spiro atoms. The van der Waals surface area contributed by atoms with Crippen LogP contribution in [0.3, 0.4) is 0 Å². The van der Waals surface area contributed by atoms with Gasteiger partial charge in [0, 0.05) is 18.2 Å². The van der Waals surface area contributed by atoms with E-state index in [4.69, 9.17) is 4.74 Å². The molecule has 3 atom stereocenters. The summed E-state index contributed by atoms with van der Waals surface area (Å²) in [7, 11) is 1.67. The van der Waals surface area contributed by atoms with Gasteiger partial charge >= 0.3 is 0 Å². The molecule has 7 heteroatoms. The first-order valence-electron chi connectivity index (χ1n) is 10.1. The van der Waals surface area contributed by atoms with Crippen molar-refractivity contribution in [3.05, 3.63) is 24.3 Å². The Morgan fingerprint density at radius 3 is 2.64 bits per heavy atom. The van der Waals surface area contributed by atoms with Crippen LogP contribution in [0.1, 0.15) is 52.5 Å². The second kappa shape index (κ2) is 9.45. The zero-order chi connectivity index (χ0) is 20.1. The molecule has 3 rings (SSSR count). The van der Waals surface area contributed by atoms with Crippen molar-refractivity contribution < 1.29 is 9.53 Å². The minimum atomic E-state index is -0.217. The fraction of sp³-hybridized carbons (Fsp3) is 0.571. The molecule has 0 bridgehead atoms. The Bertz CT molecular complexity index is 790. The first-order valence-corrected chi connectivity index (χ1v) is 11.0. The van der Waals surface area contributed by atoms with E-state index >= 15 is 0 Å². The van der Waals surface area contributed by atoms with Crippen molar-refractivity contribution in [3.63, 3.8) is 0 Å². The second-order valence-electron chi connectivity index (χ2n) is 7.39. The molecule has 1 fully saturated rings. The van der Waals surface area contributed by atoms with Gasteiger partial charge in [-0.2, -0.15) is 0 Å². The number of ether oxygens (including phenoxy) is 1. The van der Waals surface area contributed by atoms with Crippen LogP contribution in [0.4, 0.5) is 0 Å². The molecule has 6 nitrogen and oxygen atoms in total. The Balaban J connectivity index is 1.97. The molecule has 1 aliphatic rings. The van der Waals surface area contributed by atoms with Gasteiger partial charge in [0.2, 0.25) is 5.91 Å². The highest BCUT2D eigenvalue weighted by molar-refractivity contribution is 8.00. The van der Waals surface area contributed by atoms with Crippen LogP contribution in [0.5, 0.6) is 5.75 Å². The quantitative estimate of drug-likeness (QED) is 0.699. The highest BCUT2D eigenvalue weighted by Crippen LogP contribution is 2.39. The molecule has 1 aliphatic carbocycles. The number of carbonyl (C=O) groups excluding carboxylic acids is 1. The Kier molecular flexibility index (Phi) is 6.99. The molecule has 1 N–H and O–H groups in total. The molecule has 0 radical (unpaired) electrons. The summed E-state index contributed by atoms with van der Waals surface area (Å²) in [5, 5.41) is 12.5. The fourth-order valence-electron chi connectivity index (χ4n) is 3.80. The van der Waals surface area contributed by atoms with Gasteiger partial charge in [0.15, 0.2) is 11.0 Å². The molecule has 2 aromatic rings. The van der Waals surface area contributed by atoms with Crippen molar-refractivity contribution in [2.75, 3.05) is 13.7 Å². The highest BCUT2D eigenvalue weighted by atomic mass is 32.2. The van der Waals surface area contributed by atoms with Gasteiger partial charge < -0.3 is 10.1 Å². The zero-order valence-electron chi connectivity index (χ0n) is 17.1. The standard InChI is InChI=1S/C21H30N4O2S/c1-5-22-20(26)15(3)28-21-24-23-19(16-10-12-17(27-4)13-11-16)25(21)18-9-7-6-8-14(18)2/h10-15,18H,5-9H2,1-4H3,(H,22,26)/t14-,15-,18-/m0/s1. The number of nitrogens with one attached hydrogen (secondary N) is 1. The Morgan fingerprint density at radius 2 is 2.00 bits per heavy atom. The van der Waals surface area contributed by atoms with Gasteiger partial charge in [0.1, 0.15) is 5.75 Å². The molecular formula is C21H30N4O2S. The fourth-order valence-corrected chi connectivity index (χ4v) is 4.73. The van der Waals surface area contributed by atoms with Crippen molar-refractivity contribution in [1.82, 2.24) is 20.1 Å². The normalized spacial score (nSPS) is 20.6. The van der Waals surface area contributed by atoms with Crippen LogP contribution in [-0.4, -0.2) is 39.6 Å². The summed E-state index contributed by atoms with van der Waals surface area (Å²) >= 11 is 1.49. The van der Waals surface area contributed by atoms with E-state index in [0.29, 0.717) is 18.5 Å². The van der Waals surface area contributed by atoms with E-state index in [1.165, 1.54) is 31.0 Å². The van der Waals surface area contributed by atoms with Gasteiger partial charge in [0.25, 0.3) is 0 Å². The van der Waals surface area contributed by atoms with Crippen LogP contribution in [-0.2, 0) is 4.79 Å². The second-order valence-corrected chi connectivity index (χ2v) is 8.70. The van der Waals surface area contributed by atoms with Crippen LogP contribution < -0.4 is 10.1 Å². The van der Waals surface area contributed by atoms with Crippen molar-refractivity contribution in [3.8, 4) is 17.1 Å². The summed E-state index contributed by atoms with van der Waals surface area (Å²) in [5.74, 6) is 2.28. The van der Waals surface area contributed by atoms with E-state index < -0.39 is 0 Å². The third-order valence-corrected chi connectivity index (χ3v) is 6.47. The maximum atomic E-state index is 12.2. The lowest BCUT2D eigenvalue weighted by atomic mass is 9.85. The lowest BCUT2D eigenvalue weighted by molar-refractivity contribution is -0.120. The average molecular weight is 403 g/mol. The predicted molar refractivity (Wildman–Crippen MR) is 113 cm³/mol. The number of hydrogen-bond donors (Lipinski definition) is 1. The minimum absolute atomic E-state index is 0.0322. The number of rotatable bonds is 7. The lowest BCUT2D eigenvalue weighted by Gasteiger charge is -2.31. The Labute approximate surface area is 171 Å². The number of aromatic nitrogens is 3. The molecule has 0 aliphatic heterocycles. The first-order chi connectivity index (χ1) is 13.5. The van der Waals surface area contributed by atoms with Crippen LogP contribution in [0.25, 0.3) is 11.4 Å². The van der Waals surface area contributed by atoms with Gasteiger partial charge in [-0.3, -0.25) is 9.36 Å². The van der Waals surface area contributed by atoms with Crippen molar-refractivity contribution in [2.45, 2.75) is 62.9 Å². The van der Waals surface area contributed by atoms with E-state index in [0.717, 1.165) is 28.7 Å². The largest absolute Gasteiger partial charge is 0.497 e. The van der Waals surface area contributed by atoms with Gasteiger partial charge in [0.05, 0.1) is 12.4 Å². The zero-order valence-corrected chi connectivity index (χ0v) is 18.0. The van der Waals surface area contributed by atoms with Crippen LogP contribution in [0, 0.1) is 5.92 Å². The molecule has 1 aromatic carbocycles. The number of benzene rings is 1. The van der Waals surface area contributed by atoms with E-state index in [1.54, 1.807) is 7.11 Å². The Morgan fingerprint density at radius 1 is 1.29 bits per heavy atom. The molecule has 1 heterocycles. The lowest BCUT2D eigenvalue weighted by Crippen LogP contribution is -2.31. The molecule has 1 amide bonds. The summed E-state index contributed by atoms with van der Waals surface area (Å²) in [6, 6.07) is 8.29. The first kappa shape index (κ1) is 20.7. The highest BCUT2D eigenvalue weighted by Gasteiger charge is 2.30. The monoisotopic (exact) mass is 402 g/mol. The van der Waals surface area contributed by atoms with Crippen molar-refractivity contribution >= 4 is 17.7 Å². The average Bonchev–Trinajstić information content (AvgIpc) is 3.11. The summed E-state index contributed by atoms with van der Waals surface area (Å²) in [5.41, 5.74) is 1.02.